The maximum absolute atomic E-state index is 13.7. The molecular weight excluding hydrogens is 470 g/mol. The summed E-state index contributed by atoms with van der Waals surface area (Å²) in [6, 6.07) is 7.58. The second-order valence-corrected chi connectivity index (χ2v) is 9.57. The van der Waals surface area contributed by atoms with Crippen LogP contribution in [0.2, 0.25) is 10.0 Å². The van der Waals surface area contributed by atoms with E-state index in [0.717, 1.165) is 18.2 Å². The zero-order valence-corrected chi connectivity index (χ0v) is 19.2. The number of anilines is 1. The van der Waals surface area contributed by atoms with Crippen molar-refractivity contribution in [3.05, 3.63) is 57.8 Å². The van der Waals surface area contributed by atoms with Crippen LogP contribution in [0.4, 0.5) is 10.1 Å². The van der Waals surface area contributed by atoms with Crippen molar-refractivity contribution < 1.29 is 27.1 Å². The minimum Gasteiger partial charge on any atom is -0.449 e. The lowest BCUT2D eigenvalue weighted by Gasteiger charge is -2.16. The van der Waals surface area contributed by atoms with Crippen LogP contribution in [0.15, 0.2) is 41.3 Å². The molecule has 2 rings (SSSR count). The summed E-state index contributed by atoms with van der Waals surface area (Å²) in [5, 5.41) is 1.97. The Labute approximate surface area is 189 Å². The zero-order valence-electron chi connectivity index (χ0n) is 16.9. The molecular formula is C20H21Cl2FN2O5S. The fraction of sp³-hybridized carbons (Fsp3) is 0.300. The van der Waals surface area contributed by atoms with Crippen molar-refractivity contribution in [1.82, 2.24) is 4.72 Å². The highest BCUT2D eigenvalue weighted by molar-refractivity contribution is 7.89. The van der Waals surface area contributed by atoms with E-state index in [1.807, 2.05) is 13.8 Å². The monoisotopic (exact) mass is 490 g/mol. The number of sulfonamides is 1. The molecule has 168 valence electrons. The minimum absolute atomic E-state index is 0.0408. The molecule has 0 bridgehead atoms. The molecule has 0 saturated heterocycles. The van der Waals surface area contributed by atoms with E-state index in [1.54, 1.807) is 0 Å². The number of amides is 1. The molecule has 0 aromatic heterocycles. The summed E-state index contributed by atoms with van der Waals surface area (Å²) in [5.74, 6) is -2.44. The van der Waals surface area contributed by atoms with E-state index in [2.05, 4.69) is 10.0 Å². The summed E-state index contributed by atoms with van der Waals surface area (Å²) in [4.78, 5) is 24.4. The molecule has 0 spiro atoms. The van der Waals surface area contributed by atoms with Crippen molar-refractivity contribution in [2.75, 3.05) is 11.9 Å². The second kappa shape index (κ2) is 10.4. The number of rotatable bonds is 8. The van der Waals surface area contributed by atoms with Crippen LogP contribution in [-0.4, -0.2) is 32.9 Å². The third-order valence-electron chi connectivity index (χ3n) is 4.00. The Hall–Kier alpha value is -2.20. The number of carbonyl (C=O) groups is 2. The van der Waals surface area contributed by atoms with Gasteiger partial charge in [-0.1, -0.05) is 49.2 Å². The Morgan fingerprint density at radius 1 is 1.10 bits per heavy atom. The maximum Gasteiger partial charge on any atom is 0.340 e. The fourth-order valence-corrected chi connectivity index (χ4v) is 4.38. The first-order chi connectivity index (χ1) is 14.4. The van der Waals surface area contributed by atoms with E-state index < -0.39 is 33.8 Å². The third-order valence-corrected chi connectivity index (χ3v) is 6.20. The van der Waals surface area contributed by atoms with Crippen LogP contribution in [0.1, 0.15) is 31.1 Å². The van der Waals surface area contributed by atoms with E-state index in [0.29, 0.717) is 0 Å². The van der Waals surface area contributed by atoms with Crippen LogP contribution < -0.4 is 10.0 Å². The van der Waals surface area contributed by atoms with Gasteiger partial charge in [-0.3, -0.25) is 4.79 Å². The number of halogens is 3. The van der Waals surface area contributed by atoms with Gasteiger partial charge < -0.3 is 10.1 Å². The van der Waals surface area contributed by atoms with Gasteiger partial charge in [0.2, 0.25) is 10.0 Å². The number of benzene rings is 2. The van der Waals surface area contributed by atoms with Crippen molar-refractivity contribution in [3.63, 3.8) is 0 Å². The Morgan fingerprint density at radius 2 is 1.74 bits per heavy atom. The molecule has 2 N–H and O–H groups in total. The molecule has 1 atom stereocenters. The summed E-state index contributed by atoms with van der Waals surface area (Å²) in [7, 11) is -4.02. The molecule has 0 radical (unpaired) electrons. The van der Waals surface area contributed by atoms with Crippen molar-refractivity contribution in [1.29, 1.82) is 0 Å². The Balaban J connectivity index is 2.21. The van der Waals surface area contributed by atoms with E-state index >= 15 is 0 Å². The molecule has 11 heteroatoms. The number of para-hydroxylation sites is 1. The molecule has 2 aromatic carbocycles. The Morgan fingerprint density at radius 3 is 2.35 bits per heavy atom. The lowest BCUT2D eigenvalue weighted by atomic mass is 10.2. The first-order valence-corrected chi connectivity index (χ1v) is 11.4. The minimum atomic E-state index is -4.02. The van der Waals surface area contributed by atoms with Crippen molar-refractivity contribution in [2.45, 2.75) is 31.8 Å². The average Bonchev–Trinajstić information content (AvgIpc) is 2.67. The fourth-order valence-electron chi connectivity index (χ4n) is 2.32. The Kier molecular flexibility index (Phi) is 8.41. The smallest absolute Gasteiger partial charge is 0.340 e. The standard InChI is InChI=1S/C20H21Cl2FN2O5S/c1-11(2)10-24-31(28,29)18-8-13(14(21)9-15(18)22)20(27)30-12(3)19(26)25-17-7-5-4-6-16(17)23/h4-9,11-12,24H,10H2,1-3H3,(H,25,26)/t12-/m0/s1. The number of carbonyl (C=O) groups excluding carboxylic acids is 2. The van der Waals surface area contributed by atoms with Crippen LogP contribution >= 0.6 is 23.2 Å². The lowest BCUT2D eigenvalue weighted by Crippen LogP contribution is -2.31. The van der Waals surface area contributed by atoms with Gasteiger partial charge in [-0.2, -0.15) is 0 Å². The van der Waals surface area contributed by atoms with Crippen LogP contribution in [-0.2, 0) is 19.6 Å². The highest BCUT2D eigenvalue weighted by Gasteiger charge is 2.26. The molecule has 1 amide bonds. The molecule has 0 aliphatic rings. The maximum atomic E-state index is 13.7. The number of hydrogen-bond donors (Lipinski definition) is 2. The first kappa shape index (κ1) is 25.1. The summed E-state index contributed by atoms with van der Waals surface area (Å²) >= 11 is 12.0. The normalized spacial score (nSPS) is 12.5. The third kappa shape index (κ3) is 6.64. The topological polar surface area (TPSA) is 102 Å². The largest absolute Gasteiger partial charge is 0.449 e. The van der Waals surface area contributed by atoms with E-state index in [9.17, 15) is 22.4 Å². The summed E-state index contributed by atoms with van der Waals surface area (Å²) in [6.07, 6.45) is -1.32. The molecule has 0 heterocycles. The van der Waals surface area contributed by atoms with Gasteiger partial charge in [0.15, 0.2) is 6.10 Å². The van der Waals surface area contributed by atoms with Crippen LogP contribution in [0.3, 0.4) is 0 Å². The van der Waals surface area contributed by atoms with Gasteiger partial charge in [0.25, 0.3) is 5.91 Å². The van der Waals surface area contributed by atoms with Gasteiger partial charge >= 0.3 is 5.97 Å². The molecule has 31 heavy (non-hydrogen) atoms. The average molecular weight is 491 g/mol. The van der Waals surface area contributed by atoms with Gasteiger partial charge in [-0.25, -0.2) is 22.3 Å². The predicted octanol–water partition coefficient (Wildman–Crippen LogP) is 4.25. The van der Waals surface area contributed by atoms with Gasteiger partial charge in [0.1, 0.15) is 10.7 Å². The predicted molar refractivity (Wildman–Crippen MR) is 116 cm³/mol. The molecule has 0 aliphatic heterocycles. The van der Waals surface area contributed by atoms with E-state index in [1.165, 1.54) is 25.1 Å². The van der Waals surface area contributed by atoms with E-state index in [4.69, 9.17) is 27.9 Å². The number of nitrogens with one attached hydrogen (secondary N) is 2. The van der Waals surface area contributed by atoms with E-state index in [-0.39, 0.29) is 38.7 Å². The van der Waals surface area contributed by atoms with Crippen molar-refractivity contribution in [3.8, 4) is 0 Å². The van der Waals surface area contributed by atoms with Crippen LogP contribution in [0.5, 0.6) is 0 Å². The van der Waals surface area contributed by atoms with Gasteiger partial charge in [-0.05, 0) is 37.1 Å². The summed E-state index contributed by atoms with van der Waals surface area (Å²) in [5.41, 5.74) is -0.369. The molecule has 0 saturated carbocycles. The van der Waals surface area contributed by atoms with Crippen LogP contribution in [0, 0.1) is 11.7 Å². The zero-order chi connectivity index (χ0) is 23.3. The SMILES string of the molecule is CC(C)CNS(=O)(=O)c1cc(C(=O)O[C@@H](C)C(=O)Nc2ccccc2F)c(Cl)cc1Cl. The Bertz CT molecular complexity index is 1090. The molecule has 2 aromatic rings. The first-order valence-electron chi connectivity index (χ1n) is 9.17. The molecule has 0 aliphatic carbocycles. The number of hydrogen-bond acceptors (Lipinski definition) is 5. The summed E-state index contributed by atoms with van der Waals surface area (Å²) < 4.78 is 46.2. The molecule has 7 nitrogen and oxygen atoms in total. The van der Waals surface area contributed by atoms with Gasteiger partial charge in [0.05, 0.1) is 21.3 Å². The quantitative estimate of drug-likeness (QED) is 0.538. The van der Waals surface area contributed by atoms with Crippen molar-refractivity contribution >= 4 is 50.8 Å². The van der Waals surface area contributed by atoms with Crippen LogP contribution in [0.25, 0.3) is 0 Å². The highest BCUT2D eigenvalue weighted by Crippen LogP contribution is 2.29. The molecule has 0 fully saturated rings. The second-order valence-electron chi connectivity index (χ2n) is 7.02. The van der Waals surface area contributed by atoms with Gasteiger partial charge in [0, 0.05) is 6.54 Å². The molecule has 0 unspecified atom stereocenters. The summed E-state index contributed by atoms with van der Waals surface area (Å²) in [6.45, 7) is 5.08. The highest BCUT2D eigenvalue weighted by atomic mass is 35.5. The van der Waals surface area contributed by atoms with Gasteiger partial charge in [-0.15, -0.1) is 0 Å². The number of esters is 1. The number of ether oxygens (including phenoxy) is 1. The van der Waals surface area contributed by atoms with Crippen molar-refractivity contribution in [2.24, 2.45) is 5.92 Å². The lowest BCUT2D eigenvalue weighted by molar-refractivity contribution is -0.123.